The van der Waals surface area contributed by atoms with Crippen LogP contribution in [0.4, 0.5) is 9.59 Å². The Kier molecular flexibility index (Phi) is 12.5. The van der Waals surface area contributed by atoms with Crippen LogP contribution in [0.5, 0.6) is 0 Å². The number of aliphatic carboxylic acids is 1. The second-order valence-electron chi connectivity index (χ2n) is 12.4. The predicted octanol–water partition coefficient (Wildman–Crippen LogP) is 3.55. The zero-order valence-electron chi connectivity index (χ0n) is 26.8. The Bertz CT molecular complexity index is 1500. The number of aromatic nitrogens is 1. The number of nitrogens with one attached hydrogen (secondary N) is 6. The molecule has 0 radical (unpaired) electrons. The molecule has 0 bridgehead atoms. The fourth-order valence-electron chi connectivity index (χ4n) is 4.73. The number of carbonyl (C=O) groups excluding carboxylic acids is 4. The van der Waals surface area contributed by atoms with Crippen molar-refractivity contribution < 1.29 is 33.8 Å². The number of carboxylic acids is 1. The summed E-state index contributed by atoms with van der Waals surface area (Å²) in [6.07, 6.45) is -0.625. The summed E-state index contributed by atoms with van der Waals surface area (Å²) in [6, 6.07) is 13.7. The number of hydrogen-bond donors (Lipinski definition) is 7. The van der Waals surface area contributed by atoms with Gasteiger partial charge in [-0.2, -0.15) is 0 Å². The van der Waals surface area contributed by atoms with Crippen LogP contribution in [0.15, 0.2) is 60.8 Å². The summed E-state index contributed by atoms with van der Waals surface area (Å²) in [6.45, 7) is 9.02. The van der Waals surface area contributed by atoms with Crippen molar-refractivity contribution in [2.24, 2.45) is 5.92 Å². The van der Waals surface area contributed by atoms with E-state index in [-0.39, 0.29) is 25.3 Å². The van der Waals surface area contributed by atoms with Crippen LogP contribution in [0.3, 0.4) is 0 Å². The molecular formula is C33H44N6O7. The maximum absolute atomic E-state index is 13.7. The average Bonchev–Trinajstić information content (AvgIpc) is 3.37. The van der Waals surface area contributed by atoms with Gasteiger partial charge in [-0.15, -0.1) is 0 Å². The van der Waals surface area contributed by atoms with Crippen LogP contribution in [0, 0.1) is 5.92 Å². The lowest BCUT2D eigenvalue weighted by molar-refractivity contribution is -0.138. The predicted molar refractivity (Wildman–Crippen MR) is 173 cm³/mol. The Hall–Kier alpha value is -5.07. The van der Waals surface area contributed by atoms with E-state index < -0.39 is 60.2 Å². The molecule has 13 nitrogen and oxygen atoms in total. The second-order valence-corrected chi connectivity index (χ2v) is 12.4. The number of ether oxygens (including phenoxy) is 1. The minimum absolute atomic E-state index is 0.0537. The van der Waals surface area contributed by atoms with Gasteiger partial charge in [0.05, 0.1) is 6.42 Å². The number of rotatable bonds is 14. The molecule has 5 amide bonds. The number of para-hydroxylation sites is 1. The molecule has 2 aromatic carbocycles. The molecule has 0 spiro atoms. The number of aromatic amines is 1. The molecule has 0 aliphatic heterocycles. The average molecular weight is 637 g/mol. The first-order valence-corrected chi connectivity index (χ1v) is 15.2. The Labute approximate surface area is 268 Å². The largest absolute Gasteiger partial charge is 0.481 e. The Morgan fingerprint density at radius 1 is 0.848 bits per heavy atom. The van der Waals surface area contributed by atoms with Crippen LogP contribution >= 0.6 is 0 Å². The molecule has 13 heteroatoms. The fourth-order valence-corrected chi connectivity index (χ4v) is 4.73. The maximum Gasteiger partial charge on any atom is 0.408 e. The molecule has 0 aliphatic carbocycles. The van der Waals surface area contributed by atoms with Gasteiger partial charge in [-0.3, -0.25) is 14.4 Å². The van der Waals surface area contributed by atoms with Crippen molar-refractivity contribution in [1.82, 2.24) is 31.6 Å². The van der Waals surface area contributed by atoms with E-state index in [1.807, 2.05) is 68.4 Å². The Morgan fingerprint density at radius 3 is 2.15 bits per heavy atom. The van der Waals surface area contributed by atoms with Gasteiger partial charge in [-0.1, -0.05) is 62.4 Å². The van der Waals surface area contributed by atoms with Gasteiger partial charge in [0.1, 0.15) is 23.9 Å². The SMILES string of the molecule is CC(C)C[C@H](NC(=O)[C@H](Cc1c[nH]c2ccccc12)NC(=O)OC(C)(C)C)C(=O)N[C@H](CC(=O)O)NC(=O)NCc1ccccc1. The fraction of sp³-hybridized carbons (Fsp3) is 0.424. The van der Waals surface area contributed by atoms with Crippen molar-refractivity contribution in [2.75, 3.05) is 0 Å². The van der Waals surface area contributed by atoms with Gasteiger partial charge in [-0.05, 0) is 50.3 Å². The minimum Gasteiger partial charge on any atom is -0.481 e. The van der Waals surface area contributed by atoms with Gasteiger partial charge in [0.2, 0.25) is 11.8 Å². The van der Waals surface area contributed by atoms with Crippen LogP contribution in [0.2, 0.25) is 0 Å². The highest BCUT2D eigenvalue weighted by molar-refractivity contribution is 5.93. The third kappa shape index (κ3) is 11.8. The number of carbonyl (C=O) groups is 5. The lowest BCUT2D eigenvalue weighted by Gasteiger charge is -2.27. The molecule has 0 aliphatic rings. The molecule has 3 rings (SSSR count). The number of H-pyrrole nitrogens is 1. The van der Waals surface area contributed by atoms with E-state index in [4.69, 9.17) is 4.74 Å². The van der Waals surface area contributed by atoms with Crippen LogP contribution in [-0.2, 0) is 32.1 Å². The number of amides is 5. The molecule has 0 saturated carbocycles. The summed E-state index contributed by atoms with van der Waals surface area (Å²) in [5.74, 6) is -2.64. The van der Waals surface area contributed by atoms with Gasteiger partial charge in [0, 0.05) is 30.1 Å². The zero-order valence-corrected chi connectivity index (χ0v) is 26.8. The normalized spacial score (nSPS) is 13.3. The lowest BCUT2D eigenvalue weighted by atomic mass is 10.0. The standard InChI is InChI=1S/C33H44N6O7/c1-20(2)15-25(30(43)38-27(17-28(40)41)39-31(44)35-18-21-11-7-6-8-12-21)36-29(42)26(37-32(45)46-33(3,4)5)16-22-19-34-24-14-10-9-13-23(22)24/h6-14,19-20,25-27,34H,15-18H2,1-5H3,(H,36,42)(H,37,45)(H,38,43)(H,40,41)(H2,35,39,44)/t25-,26-,27-/m0/s1. The second kappa shape index (κ2) is 16.3. The third-order valence-corrected chi connectivity index (χ3v) is 6.74. The van der Waals surface area contributed by atoms with E-state index in [2.05, 4.69) is 31.6 Å². The van der Waals surface area contributed by atoms with Gasteiger partial charge in [0.15, 0.2) is 0 Å². The Balaban J connectivity index is 1.76. The first kappa shape index (κ1) is 35.4. The Morgan fingerprint density at radius 2 is 1.50 bits per heavy atom. The summed E-state index contributed by atoms with van der Waals surface area (Å²) in [5.41, 5.74) is 1.64. The third-order valence-electron chi connectivity index (χ3n) is 6.74. The number of urea groups is 1. The number of carboxylic acid groups (broad SMARTS) is 1. The molecular weight excluding hydrogens is 592 g/mol. The van der Waals surface area contributed by atoms with E-state index >= 15 is 0 Å². The van der Waals surface area contributed by atoms with Gasteiger partial charge < -0.3 is 41.4 Å². The first-order valence-electron chi connectivity index (χ1n) is 15.2. The number of alkyl carbamates (subject to hydrolysis) is 1. The van der Waals surface area contributed by atoms with Gasteiger partial charge in [-0.25, -0.2) is 9.59 Å². The molecule has 3 atom stereocenters. The topological polar surface area (TPSA) is 191 Å². The van der Waals surface area contributed by atoms with Gasteiger partial charge in [0.25, 0.3) is 0 Å². The number of hydrogen-bond acceptors (Lipinski definition) is 6. The lowest BCUT2D eigenvalue weighted by Crippen LogP contribution is -2.59. The van der Waals surface area contributed by atoms with E-state index in [0.29, 0.717) is 0 Å². The summed E-state index contributed by atoms with van der Waals surface area (Å²) in [5, 5.41) is 23.3. The monoisotopic (exact) mass is 636 g/mol. The molecule has 1 heterocycles. The van der Waals surface area contributed by atoms with Crippen LogP contribution in [-0.4, -0.2) is 63.8 Å². The van der Waals surface area contributed by atoms with Crippen molar-refractivity contribution in [1.29, 1.82) is 0 Å². The first-order chi connectivity index (χ1) is 21.7. The molecule has 248 valence electrons. The van der Waals surface area contributed by atoms with Crippen LogP contribution in [0.25, 0.3) is 10.9 Å². The summed E-state index contributed by atoms with van der Waals surface area (Å²) >= 11 is 0. The van der Waals surface area contributed by atoms with E-state index in [0.717, 1.165) is 22.0 Å². The highest BCUT2D eigenvalue weighted by atomic mass is 16.6. The van der Waals surface area contributed by atoms with Crippen LogP contribution < -0.4 is 26.6 Å². The van der Waals surface area contributed by atoms with E-state index in [1.54, 1.807) is 27.0 Å². The molecule has 7 N–H and O–H groups in total. The highest BCUT2D eigenvalue weighted by Gasteiger charge is 2.31. The summed E-state index contributed by atoms with van der Waals surface area (Å²) in [7, 11) is 0. The maximum atomic E-state index is 13.7. The number of benzene rings is 2. The molecule has 0 unspecified atom stereocenters. The quantitative estimate of drug-likeness (QED) is 0.132. The minimum atomic E-state index is -1.27. The molecule has 0 saturated heterocycles. The van der Waals surface area contributed by atoms with Crippen molar-refractivity contribution in [3.63, 3.8) is 0 Å². The zero-order chi connectivity index (χ0) is 33.9. The van der Waals surface area contributed by atoms with Crippen LogP contribution in [0.1, 0.15) is 58.6 Å². The highest BCUT2D eigenvalue weighted by Crippen LogP contribution is 2.20. The summed E-state index contributed by atoms with van der Waals surface area (Å²) < 4.78 is 5.40. The van der Waals surface area contributed by atoms with Crippen molar-refractivity contribution >= 4 is 40.8 Å². The van der Waals surface area contributed by atoms with Crippen molar-refractivity contribution in [3.05, 3.63) is 71.9 Å². The molecule has 3 aromatic rings. The van der Waals surface area contributed by atoms with Crippen molar-refractivity contribution in [3.8, 4) is 0 Å². The molecule has 46 heavy (non-hydrogen) atoms. The molecule has 0 fully saturated rings. The van der Waals surface area contributed by atoms with Crippen molar-refractivity contribution in [2.45, 2.75) is 84.3 Å². The molecule has 1 aromatic heterocycles. The van der Waals surface area contributed by atoms with E-state index in [1.165, 1.54) is 0 Å². The van der Waals surface area contributed by atoms with E-state index in [9.17, 15) is 29.1 Å². The van der Waals surface area contributed by atoms with Gasteiger partial charge >= 0.3 is 18.1 Å². The summed E-state index contributed by atoms with van der Waals surface area (Å²) in [4.78, 5) is 67.2. The smallest absolute Gasteiger partial charge is 0.408 e. The number of fused-ring (bicyclic) bond motifs is 1.